The van der Waals surface area contributed by atoms with Crippen LogP contribution in [0.4, 0.5) is 0 Å². The summed E-state index contributed by atoms with van der Waals surface area (Å²) < 4.78 is 11.4. The van der Waals surface area contributed by atoms with Crippen molar-refractivity contribution in [2.24, 2.45) is 5.92 Å². The first kappa shape index (κ1) is 19.8. The van der Waals surface area contributed by atoms with Crippen LogP contribution in [0.25, 0.3) is 0 Å². The van der Waals surface area contributed by atoms with Gasteiger partial charge < -0.3 is 14.4 Å². The van der Waals surface area contributed by atoms with E-state index in [9.17, 15) is 4.79 Å². The molecule has 2 fully saturated rings. The van der Waals surface area contributed by atoms with Gasteiger partial charge in [0.1, 0.15) is 5.75 Å². The van der Waals surface area contributed by atoms with Gasteiger partial charge in [0.2, 0.25) is 5.91 Å². The molecule has 1 saturated heterocycles. The first-order valence-corrected chi connectivity index (χ1v) is 10.3. The average molecular weight is 370 g/mol. The van der Waals surface area contributed by atoms with Crippen LogP contribution in [-0.2, 0) is 16.1 Å². The van der Waals surface area contributed by atoms with Gasteiger partial charge in [-0.25, -0.2) is 0 Å². The lowest BCUT2D eigenvalue weighted by Gasteiger charge is -2.31. The normalized spacial score (nSPS) is 20.2. The van der Waals surface area contributed by atoms with Crippen LogP contribution in [0.5, 0.6) is 5.75 Å². The molecule has 1 aliphatic heterocycles. The zero-order chi connectivity index (χ0) is 18.9. The number of rotatable bonds is 8. The molecule has 0 unspecified atom stereocenters. The molecule has 0 bridgehead atoms. The fourth-order valence-corrected chi connectivity index (χ4v) is 4.01. The van der Waals surface area contributed by atoms with Crippen LogP contribution in [0.2, 0.25) is 0 Å². The number of hydrogen-bond acceptors (Lipinski definition) is 3. The van der Waals surface area contributed by atoms with Gasteiger partial charge >= 0.3 is 0 Å². The van der Waals surface area contributed by atoms with E-state index in [1.54, 1.807) is 0 Å². The van der Waals surface area contributed by atoms with E-state index in [1.165, 1.54) is 19.3 Å². The van der Waals surface area contributed by atoms with Gasteiger partial charge in [-0.2, -0.15) is 0 Å². The van der Waals surface area contributed by atoms with Crippen LogP contribution in [-0.4, -0.2) is 36.7 Å². The lowest BCUT2D eigenvalue weighted by atomic mass is 9.88. The number of carbonyl (C=O) groups is 1. The van der Waals surface area contributed by atoms with E-state index in [-0.39, 0.29) is 12.0 Å². The van der Waals surface area contributed by atoms with Gasteiger partial charge in [-0.1, -0.05) is 31.4 Å². The standard InChI is InChI=1S/C23H31NO3/c1-2-3-15-26-21-13-11-19(12-14-21)17-24(18-22-10-7-16-27-22)23(25)20-8-5-4-6-9-20/h1,11-14,20,22H,3-10,15-18H2/t22-/m1/s1. The minimum absolute atomic E-state index is 0.184. The van der Waals surface area contributed by atoms with E-state index >= 15 is 0 Å². The summed E-state index contributed by atoms with van der Waals surface area (Å²) in [6.07, 6.45) is 13.9. The van der Waals surface area contributed by atoms with Crippen molar-refractivity contribution in [1.29, 1.82) is 0 Å². The molecule has 0 spiro atoms. The van der Waals surface area contributed by atoms with Crippen molar-refractivity contribution >= 4 is 5.91 Å². The summed E-state index contributed by atoms with van der Waals surface area (Å²) >= 11 is 0. The maximum absolute atomic E-state index is 13.2. The summed E-state index contributed by atoms with van der Waals surface area (Å²) in [5, 5.41) is 0. The second-order valence-corrected chi connectivity index (χ2v) is 7.64. The number of ether oxygens (including phenoxy) is 2. The molecular weight excluding hydrogens is 338 g/mol. The number of nitrogens with zero attached hydrogens (tertiary/aromatic N) is 1. The van der Waals surface area contributed by atoms with E-state index in [4.69, 9.17) is 15.9 Å². The number of hydrogen-bond donors (Lipinski definition) is 0. The van der Waals surface area contributed by atoms with Crippen molar-refractivity contribution in [1.82, 2.24) is 4.90 Å². The summed E-state index contributed by atoms with van der Waals surface area (Å²) in [6.45, 7) is 2.69. The molecule has 1 aliphatic carbocycles. The summed E-state index contributed by atoms with van der Waals surface area (Å²) in [6, 6.07) is 8.01. The Hall–Kier alpha value is -1.99. The molecule has 1 aromatic rings. The monoisotopic (exact) mass is 369 g/mol. The van der Waals surface area contributed by atoms with Gasteiger partial charge in [-0.15, -0.1) is 12.3 Å². The Morgan fingerprint density at radius 1 is 1.15 bits per heavy atom. The Bertz CT molecular complexity index is 622. The minimum atomic E-state index is 0.184. The number of amides is 1. The van der Waals surface area contributed by atoms with Crippen LogP contribution in [0.15, 0.2) is 24.3 Å². The molecule has 1 saturated carbocycles. The number of benzene rings is 1. The quantitative estimate of drug-likeness (QED) is 0.510. The van der Waals surface area contributed by atoms with Crippen LogP contribution in [0.3, 0.4) is 0 Å². The van der Waals surface area contributed by atoms with Gasteiger partial charge in [0, 0.05) is 32.0 Å². The van der Waals surface area contributed by atoms with Crippen molar-refractivity contribution in [2.75, 3.05) is 19.8 Å². The van der Waals surface area contributed by atoms with E-state index in [0.29, 0.717) is 32.0 Å². The molecule has 1 atom stereocenters. The molecule has 1 amide bonds. The van der Waals surface area contributed by atoms with Crippen LogP contribution in [0, 0.1) is 18.3 Å². The molecule has 4 nitrogen and oxygen atoms in total. The van der Waals surface area contributed by atoms with Crippen molar-refractivity contribution in [3.63, 3.8) is 0 Å². The highest BCUT2D eigenvalue weighted by Crippen LogP contribution is 2.27. The molecule has 2 aliphatic rings. The molecule has 1 heterocycles. The number of terminal acetylenes is 1. The third-order valence-electron chi connectivity index (χ3n) is 5.53. The maximum atomic E-state index is 13.2. The molecular formula is C23H31NO3. The topological polar surface area (TPSA) is 38.8 Å². The zero-order valence-electron chi connectivity index (χ0n) is 16.2. The Balaban J connectivity index is 1.62. The zero-order valence-corrected chi connectivity index (χ0v) is 16.2. The summed E-state index contributed by atoms with van der Waals surface area (Å²) in [4.78, 5) is 15.2. The van der Waals surface area contributed by atoms with E-state index in [2.05, 4.69) is 5.92 Å². The second kappa shape index (κ2) is 10.4. The van der Waals surface area contributed by atoms with Crippen molar-refractivity contribution in [3.8, 4) is 18.1 Å². The lowest BCUT2D eigenvalue weighted by Crippen LogP contribution is -2.41. The highest BCUT2D eigenvalue weighted by atomic mass is 16.5. The SMILES string of the molecule is C#CCCOc1ccc(CN(C[C@H]2CCCO2)C(=O)C2CCCCC2)cc1. The van der Waals surface area contributed by atoms with E-state index < -0.39 is 0 Å². The summed E-state index contributed by atoms with van der Waals surface area (Å²) in [5.74, 6) is 3.88. The van der Waals surface area contributed by atoms with Gasteiger partial charge in [0.15, 0.2) is 0 Å². The molecule has 0 aromatic heterocycles. The van der Waals surface area contributed by atoms with Crippen LogP contribution < -0.4 is 4.74 Å². The summed E-state index contributed by atoms with van der Waals surface area (Å²) in [7, 11) is 0. The minimum Gasteiger partial charge on any atom is -0.493 e. The third kappa shape index (κ3) is 6.01. The smallest absolute Gasteiger partial charge is 0.226 e. The average Bonchev–Trinajstić information content (AvgIpc) is 3.22. The molecule has 3 rings (SSSR count). The van der Waals surface area contributed by atoms with E-state index in [0.717, 1.165) is 43.6 Å². The largest absolute Gasteiger partial charge is 0.493 e. The highest BCUT2D eigenvalue weighted by Gasteiger charge is 2.29. The van der Waals surface area contributed by atoms with Gasteiger partial charge in [0.05, 0.1) is 12.7 Å². The second-order valence-electron chi connectivity index (χ2n) is 7.64. The van der Waals surface area contributed by atoms with Crippen molar-refractivity contribution in [3.05, 3.63) is 29.8 Å². The fourth-order valence-electron chi connectivity index (χ4n) is 4.01. The molecule has 4 heteroatoms. The predicted octanol–water partition coefficient (Wildman–Crippen LogP) is 4.18. The van der Waals surface area contributed by atoms with Gasteiger partial charge in [0.25, 0.3) is 0 Å². The lowest BCUT2D eigenvalue weighted by molar-refractivity contribution is -0.138. The maximum Gasteiger partial charge on any atom is 0.226 e. The first-order valence-electron chi connectivity index (χ1n) is 10.3. The van der Waals surface area contributed by atoms with E-state index in [1.807, 2.05) is 29.2 Å². The molecule has 27 heavy (non-hydrogen) atoms. The van der Waals surface area contributed by atoms with Crippen LogP contribution >= 0.6 is 0 Å². The third-order valence-corrected chi connectivity index (χ3v) is 5.53. The summed E-state index contributed by atoms with van der Waals surface area (Å²) in [5.41, 5.74) is 1.13. The number of carbonyl (C=O) groups excluding carboxylic acids is 1. The Kier molecular flexibility index (Phi) is 7.59. The molecule has 0 radical (unpaired) electrons. The molecule has 0 N–H and O–H groups in total. The Morgan fingerprint density at radius 3 is 2.59 bits per heavy atom. The van der Waals surface area contributed by atoms with Gasteiger partial charge in [-0.05, 0) is 43.4 Å². The Morgan fingerprint density at radius 2 is 1.93 bits per heavy atom. The fraction of sp³-hybridized carbons (Fsp3) is 0.609. The van der Waals surface area contributed by atoms with Crippen molar-refractivity contribution < 1.29 is 14.3 Å². The first-order chi connectivity index (χ1) is 13.3. The molecule has 146 valence electrons. The van der Waals surface area contributed by atoms with Crippen LogP contribution in [0.1, 0.15) is 56.9 Å². The molecule has 1 aromatic carbocycles. The predicted molar refractivity (Wildman–Crippen MR) is 106 cm³/mol. The highest BCUT2D eigenvalue weighted by molar-refractivity contribution is 5.79. The Labute approximate surface area is 163 Å². The van der Waals surface area contributed by atoms with Gasteiger partial charge in [-0.3, -0.25) is 4.79 Å². The van der Waals surface area contributed by atoms with Crippen molar-refractivity contribution in [2.45, 2.75) is 64.0 Å².